The molecule has 0 bridgehead atoms. The summed E-state index contributed by atoms with van der Waals surface area (Å²) in [5.41, 5.74) is 0.648. The molecule has 0 unspecified atom stereocenters. The van der Waals surface area contributed by atoms with Gasteiger partial charge in [0.05, 0.1) is 6.61 Å². The molecular formula is C12H16O5. The number of hydrogen-bond acceptors (Lipinski definition) is 5. The third-order valence-corrected chi connectivity index (χ3v) is 2.32. The molecule has 1 aromatic carbocycles. The maximum Gasteiger partial charge on any atom is 0.139 e. The molecule has 0 saturated carbocycles. The molecule has 0 aliphatic carbocycles. The molecule has 1 rings (SSSR count). The molecule has 5 N–H and O–H groups in total. The number of aliphatic hydroxyl groups is 5. The molecule has 0 radical (unpaired) electrons. The molecule has 0 aliphatic heterocycles. The van der Waals surface area contributed by atoms with Gasteiger partial charge in [-0.3, -0.25) is 0 Å². The molecule has 94 valence electrons. The highest BCUT2D eigenvalue weighted by Crippen LogP contribution is 2.12. The van der Waals surface area contributed by atoms with Gasteiger partial charge in [-0.25, -0.2) is 0 Å². The van der Waals surface area contributed by atoms with E-state index in [4.69, 9.17) is 10.2 Å². The van der Waals surface area contributed by atoms with Gasteiger partial charge in [-0.05, 0) is 11.6 Å². The van der Waals surface area contributed by atoms with E-state index in [1.54, 1.807) is 30.3 Å². The fourth-order valence-electron chi connectivity index (χ4n) is 1.30. The van der Waals surface area contributed by atoms with Crippen LogP contribution < -0.4 is 0 Å². The van der Waals surface area contributed by atoms with E-state index in [0.29, 0.717) is 5.56 Å². The van der Waals surface area contributed by atoms with E-state index in [-0.39, 0.29) is 0 Å². The van der Waals surface area contributed by atoms with Crippen LogP contribution in [-0.4, -0.2) is 50.5 Å². The fourth-order valence-corrected chi connectivity index (χ4v) is 1.30. The lowest BCUT2D eigenvalue weighted by Gasteiger charge is -2.20. The average Bonchev–Trinajstić information content (AvgIpc) is 2.37. The summed E-state index contributed by atoms with van der Waals surface area (Å²) in [6.07, 6.45) is -3.51. The zero-order valence-corrected chi connectivity index (χ0v) is 9.14. The molecule has 3 atom stereocenters. The van der Waals surface area contributed by atoms with Crippen LogP contribution in [0.4, 0.5) is 0 Å². The Morgan fingerprint density at radius 2 is 1.71 bits per heavy atom. The van der Waals surface area contributed by atoms with Gasteiger partial charge in [-0.2, -0.15) is 0 Å². The maximum atomic E-state index is 9.54. The van der Waals surface area contributed by atoms with Gasteiger partial charge in [-0.15, -0.1) is 0 Å². The number of hydrogen-bond donors (Lipinski definition) is 5. The normalized spacial score (nSPS) is 17.5. The SMILES string of the molecule is OC[C@@H](O)[C@@H](O)[C@H](O)C(O)=Cc1ccccc1. The summed E-state index contributed by atoms with van der Waals surface area (Å²) in [5, 5.41) is 46.1. The summed E-state index contributed by atoms with van der Waals surface area (Å²) >= 11 is 0. The first kappa shape index (κ1) is 13.7. The maximum absolute atomic E-state index is 9.54. The number of rotatable bonds is 5. The first-order chi connectivity index (χ1) is 8.06. The second kappa shape index (κ2) is 6.36. The van der Waals surface area contributed by atoms with Gasteiger partial charge in [-0.1, -0.05) is 30.3 Å². The van der Waals surface area contributed by atoms with E-state index in [0.717, 1.165) is 0 Å². The molecule has 0 aromatic heterocycles. The predicted octanol–water partition coefficient (Wildman–Crippen LogP) is -0.340. The standard InChI is InChI=1S/C12H16O5/c13-7-10(15)12(17)11(16)9(14)6-8-4-2-1-3-5-8/h1-6,10-17H,7H2/t10-,11-,12-/m1/s1. The van der Waals surface area contributed by atoms with Crippen LogP contribution in [-0.2, 0) is 0 Å². The Kier molecular flexibility index (Phi) is 5.11. The van der Waals surface area contributed by atoms with Crippen LogP contribution in [0.2, 0.25) is 0 Å². The third kappa shape index (κ3) is 3.83. The molecule has 0 fully saturated rings. The topological polar surface area (TPSA) is 101 Å². The minimum absolute atomic E-state index is 0.476. The molecule has 0 saturated heterocycles. The zero-order chi connectivity index (χ0) is 12.8. The minimum Gasteiger partial charge on any atom is -0.509 e. The van der Waals surface area contributed by atoms with Crippen LogP contribution in [0.5, 0.6) is 0 Å². The van der Waals surface area contributed by atoms with Crippen molar-refractivity contribution in [1.29, 1.82) is 0 Å². The second-order valence-corrected chi connectivity index (χ2v) is 3.67. The predicted molar refractivity (Wildman–Crippen MR) is 62.2 cm³/mol. The minimum atomic E-state index is -1.64. The Labute approximate surface area is 98.9 Å². The first-order valence-electron chi connectivity index (χ1n) is 5.17. The summed E-state index contributed by atoms with van der Waals surface area (Å²) < 4.78 is 0. The van der Waals surface area contributed by atoms with Crippen molar-refractivity contribution in [2.75, 3.05) is 6.61 Å². The lowest BCUT2D eigenvalue weighted by Crippen LogP contribution is -2.40. The van der Waals surface area contributed by atoms with Crippen molar-refractivity contribution >= 4 is 6.08 Å². The first-order valence-corrected chi connectivity index (χ1v) is 5.17. The molecule has 1 aromatic rings. The molecule has 0 aliphatic rings. The van der Waals surface area contributed by atoms with Gasteiger partial charge < -0.3 is 25.5 Å². The monoisotopic (exact) mass is 240 g/mol. The molecule has 0 spiro atoms. The van der Waals surface area contributed by atoms with E-state index in [1.165, 1.54) is 6.08 Å². The van der Waals surface area contributed by atoms with Crippen LogP contribution in [0, 0.1) is 0 Å². The Morgan fingerprint density at radius 3 is 2.24 bits per heavy atom. The van der Waals surface area contributed by atoms with Crippen molar-refractivity contribution in [2.45, 2.75) is 18.3 Å². The Bertz CT molecular complexity index is 362. The van der Waals surface area contributed by atoms with Crippen molar-refractivity contribution in [3.8, 4) is 0 Å². The quantitative estimate of drug-likeness (QED) is 0.453. The van der Waals surface area contributed by atoms with Crippen LogP contribution in [0.1, 0.15) is 5.56 Å². The Balaban J connectivity index is 2.76. The van der Waals surface area contributed by atoms with Gasteiger partial charge in [0.15, 0.2) is 0 Å². The van der Waals surface area contributed by atoms with E-state index >= 15 is 0 Å². The van der Waals surface area contributed by atoms with E-state index in [1.807, 2.05) is 0 Å². The molecule has 5 heteroatoms. The molecular weight excluding hydrogens is 224 g/mol. The van der Waals surface area contributed by atoms with E-state index in [2.05, 4.69) is 0 Å². The highest BCUT2D eigenvalue weighted by atomic mass is 16.4. The van der Waals surface area contributed by atoms with Crippen molar-refractivity contribution in [1.82, 2.24) is 0 Å². The highest BCUT2D eigenvalue weighted by molar-refractivity contribution is 5.51. The van der Waals surface area contributed by atoms with Crippen molar-refractivity contribution in [2.24, 2.45) is 0 Å². The fraction of sp³-hybridized carbons (Fsp3) is 0.333. The molecule has 0 heterocycles. The van der Waals surface area contributed by atoms with Gasteiger partial charge >= 0.3 is 0 Å². The van der Waals surface area contributed by atoms with Crippen LogP contribution in [0.3, 0.4) is 0 Å². The lowest BCUT2D eigenvalue weighted by molar-refractivity contribution is -0.0735. The zero-order valence-electron chi connectivity index (χ0n) is 9.14. The molecule has 0 amide bonds. The molecule has 5 nitrogen and oxygen atoms in total. The summed E-state index contributed by atoms with van der Waals surface area (Å²) in [5.74, 6) is -0.476. The van der Waals surface area contributed by atoms with Crippen LogP contribution in [0.25, 0.3) is 6.08 Å². The van der Waals surface area contributed by atoms with Gasteiger partial charge in [0.2, 0.25) is 0 Å². The smallest absolute Gasteiger partial charge is 0.139 e. The van der Waals surface area contributed by atoms with Crippen molar-refractivity contribution in [3.05, 3.63) is 41.7 Å². The highest BCUT2D eigenvalue weighted by Gasteiger charge is 2.26. The van der Waals surface area contributed by atoms with E-state index < -0.39 is 30.7 Å². The Morgan fingerprint density at radius 1 is 1.12 bits per heavy atom. The largest absolute Gasteiger partial charge is 0.509 e. The summed E-state index contributed by atoms with van der Waals surface area (Å²) in [6, 6.07) is 8.72. The number of benzene rings is 1. The average molecular weight is 240 g/mol. The van der Waals surface area contributed by atoms with Gasteiger partial charge in [0.1, 0.15) is 24.1 Å². The van der Waals surface area contributed by atoms with Gasteiger partial charge in [0.25, 0.3) is 0 Å². The summed E-state index contributed by atoms with van der Waals surface area (Å²) in [6.45, 7) is -0.698. The summed E-state index contributed by atoms with van der Waals surface area (Å²) in [7, 11) is 0. The van der Waals surface area contributed by atoms with Crippen LogP contribution >= 0.6 is 0 Å². The lowest BCUT2D eigenvalue weighted by atomic mass is 10.1. The van der Waals surface area contributed by atoms with Crippen LogP contribution in [0.15, 0.2) is 36.1 Å². The van der Waals surface area contributed by atoms with Crippen molar-refractivity contribution < 1.29 is 25.5 Å². The Hall–Kier alpha value is -1.40. The van der Waals surface area contributed by atoms with Gasteiger partial charge in [0, 0.05) is 0 Å². The number of aliphatic hydroxyl groups excluding tert-OH is 5. The summed E-state index contributed by atoms with van der Waals surface area (Å²) in [4.78, 5) is 0. The molecule has 17 heavy (non-hydrogen) atoms. The van der Waals surface area contributed by atoms with E-state index in [9.17, 15) is 15.3 Å². The third-order valence-electron chi connectivity index (χ3n) is 2.32. The van der Waals surface area contributed by atoms with Crippen molar-refractivity contribution in [3.63, 3.8) is 0 Å². The second-order valence-electron chi connectivity index (χ2n) is 3.67.